The van der Waals surface area contributed by atoms with E-state index < -0.39 is 0 Å². The van der Waals surface area contributed by atoms with Gasteiger partial charge in [0.1, 0.15) is 5.82 Å². The molecular formula is C25H25N3. The lowest BCUT2D eigenvalue weighted by Crippen LogP contribution is -2.10. The van der Waals surface area contributed by atoms with Crippen molar-refractivity contribution in [3.05, 3.63) is 90.0 Å². The lowest BCUT2D eigenvalue weighted by atomic mass is 9.87. The summed E-state index contributed by atoms with van der Waals surface area (Å²) in [5.74, 6) is 1.61. The van der Waals surface area contributed by atoms with Crippen LogP contribution in [0.25, 0.3) is 22.3 Å². The van der Waals surface area contributed by atoms with Gasteiger partial charge in [-0.15, -0.1) is 0 Å². The first-order valence-electron chi connectivity index (χ1n) is 9.66. The van der Waals surface area contributed by atoms with E-state index in [4.69, 9.17) is 9.97 Å². The highest BCUT2D eigenvalue weighted by atomic mass is 15.0. The Morgan fingerprint density at radius 1 is 0.750 bits per heavy atom. The molecule has 0 aliphatic carbocycles. The van der Waals surface area contributed by atoms with Crippen molar-refractivity contribution >= 4 is 16.7 Å². The predicted octanol–water partition coefficient (Wildman–Crippen LogP) is 6.21. The van der Waals surface area contributed by atoms with Gasteiger partial charge < -0.3 is 5.32 Å². The first-order valence-corrected chi connectivity index (χ1v) is 9.66. The molecule has 4 aromatic rings. The van der Waals surface area contributed by atoms with E-state index in [2.05, 4.69) is 80.7 Å². The monoisotopic (exact) mass is 367 g/mol. The molecule has 0 aliphatic rings. The molecule has 0 saturated heterocycles. The fourth-order valence-electron chi connectivity index (χ4n) is 3.24. The van der Waals surface area contributed by atoms with Crippen LogP contribution in [0.15, 0.2) is 78.9 Å². The smallest absolute Gasteiger partial charge is 0.162 e. The summed E-state index contributed by atoms with van der Waals surface area (Å²) in [5, 5.41) is 4.53. The molecular weight excluding hydrogens is 342 g/mol. The minimum atomic E-state index is 0.130. The lowest BCUT2D eigenvalue weighted by molar-refractivity contribution is 0.590. The van der Waals surface area contributed by atoms with Crippen molar-refractivity contribution in [1.82, 2.24) is 9.97 Å². The summed E-state index contributed by atoms with van der Waals surface area (Å²) in [7, 11) is 0. The zero-order valence-electron chi connectivity index (χ0n) is 16.6. The molecule has 1 heterocycles. The van der Waals surface area contributed by atoms with Crippen molar-refractivity contribution in [1.29, 1.82) is 0 Å². The first-order chi connectivity index (χ1) is 13.5. The minimum absolute atomic E-state index is 0.130. The highest BCUT2D eigenvalue weighted by Crippen LogP contribution is 2.28. The van der Waals surface area contributed by atoms with Crippen LogP contribution in [0.3, 0.4) is 0 Å². The van der Waals surface area contributed by atoms with Crippen molar-refractivity contribution in [2.45, 2.75) is 32.7 Å². The van der Waals surface area contributed by atoms with Gasteiger partial charge in [0.15, 0.2) is 5.82 Å². The topological polar surface area (TPSA) is 37.8 Å². The zero-order chi connectivity index (χ0) is 19.6. The van der Waals surface area contributed by atoms with Crippen molar-refractivity contribution in [2.24, 2.45) is 0 Å². The number of hydrogen-bond donors (Lipinski definition) is 1. The van der Waals surface area contributed by atoms with E-state index in [1.54, 1.807) is 0 Å². The van der Waals surface area contributed by atoms with E-state index in [9.17, 15) is 0 Å². The third-order valence-corrected chi connectivity index (χ3v) is 4.92. The van der Waals surface area contributed by atoms with E-state index >= 15 is 0 Å². The third-order valence-electron chi connectivity index (χ3n) is 4.92. The van der Waals surface area contributed by atoms with Crippen molar-refractivity contribution in [3.8, 4) is 11.4 Å². The third kappa shape index (κ3) is 3.89. The molecule has 0 spiro atoms. The molecule has 4 rings (SSSR count). The zero-order valence-corrected chi connectivity index (χ0v) is 16.6. The van der Waals surface area contributed by atoms with Crippen LogP contribution in [0.5, 0.6) is 0 Å². The van der Waals surface area contributed by atoms with Crippen molar-refractivity contribution in [2.75, 3.05) is 5.32 Å². The lowest BCUT2D eigenvalue weighted by Gasteiger charge is -2.19. The Bertz CT molecular complexity index is 1080. The molecule has 3 heteroatoms. The van der Waals surface area contributed by atoms with Crippen LogP contribution in [0, 0.1) is 0 Å². The Morgan fingerprint density at radius 2 is 1.43 bits per heavy atom. The molecule has 0 bridgehead atoms. The molecule has 0 amide bonds. The van der Waals surface area contributed by atoms with Crippen LogP contribution < -0.4 is 5.32 Å². The molecule has 1 aromatic heterocycles. The van der Waals surface area contributed by atoms with E-state index in [0.717, 1.165) is 34.7 Å². The summed E-state index contributed by atoms with van der Waals surface area (Å²) >= 11 is 0. The number of para-hydroxylation sites is 1. The summed E-state index contributed by atoms with van der Waals surface area (Å²) in [5.41, 5.74) is 4.63. The number of anilines is 1. The highest BCUT2D eigenvalue weighted by Gasteiger charge is 2.14. The Hall–Kier alpha value is -3.20. The first kappa shape index (κ1) is 18.2. The maximum atomic E-state index is 4.86. The fourth-order valence-corrected chi connectivity index (χ4v) is 3.24. The second-order valence-electron chi connectivity index (χ2n) is 8.08. The molecule has 3 aromatic carbocycles. The molecule has 0 fully saturated rings. The molecule has 0 atom stereocenters. The normalized spacial score (nSPS) is 11.5. The average molecular weight is 367 g/mol. The number of nitrogens with zero attached hydrogens (tertiary/aromatic N) is 2. The second-order valence-corrected chi connectivity index (χ2v) is 8.08. The molecule has 0 saturated carbocycles. The van der Waals surface area contributed by atoms with E-state index in [-0.39, 0.29) is 5.41 Å². The Labute approximate surface area is 166 Å². The van der Waals surface area contributed by atoms with Crippen LogP contribution >= 0.6 is 0 Å². The maximum absolute atomic E-state index is 4.86. The quantitative estimate of drug-likeness (QED) is 0.466. The van der Waals surface area contributed by atoms with E-state index in [1.807, 2.05) is 24.3 Å². The number of nitrogens with one attached hydrogen (secondary N) is 1. The predicted molar refractivity (Wildman–Crippen MR) is 117 cm³/mol. The van der Waals surface area contributed by atoms with Crippen LogP contribution in [-0.4, -0.2) is 9.97 Å². The summed E-state index contributed by atoms with van der Waals surface area (Å²) in [6, 6.07) is 27.1. The van der Waals surface area contributed by atoms with E-state index in [0.29, 0.717) is 0 Å². The number of aromatic nitrogens is 2. The summed E-state index contributed by atoms with van der Waals surface area (Å²) < 4.78 is 0. The van der Waals surface area contributed by atoms with Gasteiger partial charge in [-0.3, -0.25) is 0 Å². The average Bonchev–Trinajstić information content (AvgIpc) is 2.72. The number of rotatable bonds is 4. The molecule has 28 heavy (non-hydrogen) atoms. The number of fused-ring (bicyclic) bond motifs is 1. The number of hydrogen-bond acceptors (Lipinski definition) is 3. The van der Waals surface area contributed by atoms with Gasteiger partial charge in [0.05, 0.1) is 5.52 Å². The summed E-state index contributed by atoms with van der Waals surface area (Å²) in [6.07, 6.45) is 0. The number of benzene rings is 3. The highest BCUT2D eigenvalue weighted by molar-refractivity contribution is 5.90. The summed E-state index contributed by atoms with van der Waals surface area (Å²) in [6.45, 7) is 7.39. The van der Waals surface area contributed by atoms with Gasteiger partial charge in [-0.2, -0.15) is 0 Å². The summed E-state index contributed by atoms with van der Waals surface area (Å²) in [4.78, 5) is 9.66. The maximum Gasteiger partial charge on any atom is 0.162 e. The fraction of sp³-hybridized carbons (Fsp3) is 0.200. The standard InChI is InChI=1S/C25H25N3/c1-25(2,3)20-15-13-19(14-16-20)23-27-22-12-8-7-11-21(22)24(28-23)26-17-18-9-5-4-6-10-18/h4-16H,17H2,1-3H3,(H,26,27,28). The Balaban J connectivity index is 1.71. The molecule has 0 aliphatic heterocycles. The molecule has 0 radical (unpaired) electrons. The van der Waals surface area contributed by atoms with Gasteiger partial charge in [-0.05, 0) is 28.7 Å². The van der Waals surface area contributed by atoms with Gasteiger partial charge in [-0.1, -0.05) is 87.5 Å². The molecule has 3 nitrogen and oxygen atoms in total. The van der Waals surface area contributed by atoms with Crippen molar-refractivity contribution in [3.63, 3.8) is 0 Å². The van der Waals surface area contributed by atoms with Gasteiger partial charge in [0.2, 0.25) is 0 Å². The van der Waals surface area contributed by atoms with Gasteiger partial charge in [0.25, 0.3) is 0 Å². The molecule has 0 unspecified atom stereocenters. The van der Waals surface area contributed by atoms with Gasteiger partial charge >= 0.3 is 0 Å². The Morgan fingerprint density at radius 3 is 2.14 bits per heavy atom. The van der Waals surface area contributed by atoms with Crippen LogP contribution in [-0.2, 0) is 12.0 Å². The van der Waals surface area contributed by atoms with Crippen LogP contribution in [0.1, 0.15) is 31.9 Å². The van der Waals surface area contributed by atoms with Gasteiger partial charge in [0, 0.05) is 17.5 Å². The largest absolute Gasteiger partial charge is 0.365 e. The van der Waals surface area contributed by atoms with Crippen LogP contribution in [0.4, 0.5) is 5.82 Å². The van der Waals surface area contributed by atoms with Crippen LogP contribution in [0.2, 0.25) is 0 Å². The van der Waals surface area contributed by atoms with E-state index in [1.165, 1.54) is 11.1 Å². The molecule has 1 N–H and O–H groups in total. The van der Waals surface area contributed by atoms with Gasteiger partial charge in [-0.25, -0.2) is 9.97 Å². The molecule has 140 valence electrons. The Kier molecular flexibility index (Phi) is 4.82. The second kappa shape index (κ2) is 7.43. The SMILES string of the molecule is CC(C)(C)c1ccc(-c2nc(NCc3ccccc3)c3ccccc3n2)cc1. The minimum Gasteiger partial charge on any atom is -0.365 e. The van der Waals surface area contributed by atoms with Crippen molar-refractivity contribution < 1.29 is 0 Å².